The minimum Gasteiger partial charge on any atom is -0.339 e. The van der Waals surface area contributed by atoms with Crippen molar-refractivity contribution in [2.24, 2.45) is 0 Å². The first-order valence-electron chi connectivity index (χ1n) is 5.46. The lowest BCUT2D eigenvalue weighted by molar-refractivity contribution is 0.0726. The van der Waals surface area contributed by atoms with Crippen molar-refractivity contribution in [3.05, 3.63) is 33.8 Å². The summed E-state index contributed by atoms with van der Waals surface area (Å²) in [7, 11) is 0. The Balaban J connectivity index is 2.11. The zero-order chi connectivity index (χ0) is 12.4. The smallest absolute Gasteiger partial charge is 0.253 e. The number of benzene rings is 1. The van der Waals surface area contributed by atoms with Gasteiger partial charge in [0.05, 0.1) is 10.0 Å². The van der Waals surface area contributed by atoms with Crippen molar-refractivity contribution in [3.63, 3.8) is 0 Å². The van der Waals surface area contributed by atoms with Crippen molar-refractivity contribution in [2.75, 3.05) is 13.1 Å². The Bertz CT molecular complexity index is 428. The maximum Gasteiger partial charge on any atom is 0.253 e. The van der Waals surface area contributed by atoms with E-state index in [1.54, 1.807) is 23.1 Å². The van der Waals surface area contributed by atoms with Crippen LogP contribution in [0.4, 0.5) is 0 Å². The topological polar surface area (TPSA) is 20.3 Å². The fraction of sp³-hybridized carbons (Fsp3) is 0.417. The number of carbonyl (C=O) groups excluding carboxylic acids is 1. The first-order valence-corrected chi connectivity index (χ1v) is 6.65. The maximum absolute atomic E-state index is 12.2. The zero-order valence-corrected chi connectivity index (χ0v) is 11.4. The Morgan fingerprint density at radius 1 is 1.18 bits per heavy atom. The molecule has 2 rings (SSSR count). The summed E-state index contributed by atoms with van der Waals surface area (Å²) in [6.45, 7) is 1.40. The largest absolute Gasteiger partial charge is 0.339 e. The van der Waals surface area contributed by atoms with Crippen LogP contribution >= 0.6 is 34.8 Å². The number of halogens is 3. The van der Waals surface area contributed by atoms with Crippen LogP contribution in [-0.4, -0.2) is 29.3 Å². The minimum absolute atomic E-state index is 0.00728. The molecule has 1 aromatic carbocycles. The van der Waals surface area contributed by atoms with Gasteiger partial charge in [-0.3, -0.25) is 4.79 Å². The number of piperidine rings is 1. The Hall–Kier alpha value is -0.440. The van der Waals surface area contributed by atoms with Crippen molar-refractivity contribution < 1.29 is 4.79 Å². The molecule has 92 valence electrons. The number of hydrogen-bond acceptors (Lipinski definition) is 1. The van der Waals surface area contributed by atoms with E-state index in [2.05, 4.69) is 0 Å². The van der Waals surface area contributed by atoms with Crippen LogP contribution in [0.15, 0.2) is 18.2 Å². The summed E-state index contributed by atoms with van der Waals surface area (Å²) in [5.41, 5.74) is 0.576. The van der Waals surface area contributed by atoms with Gasteiger partial charge in [-0.15, -0.1) is 11.6 Å². The van der Waals surface area contributed by atoms with Crippen LogP contribution in [0.2, 0.25) is 10.0 Å². The molecule has 1 aliphatic rings. The molecule has 1 aliphatic heterocycles. The predicted molar refractivity (Wildman–Crippen MR) is 71.2 cm³/mol. The van der Waals surface area contributed by atoms with E-state index in [-0.39, 0.29) is 11.3 Å². The Labute approximate surface area is 115 Å². The second-order valence-corrected chi connectivity index (χ2v) is 5.53. The molecule has 0 aliphatic carbocycles. The molecule has 0 N–H and O–H groups in total. The van der Waals surface area contributed by atoms with E-state index in [0.29, 0.717) is 28.7 Å². The van der Waals surface area contributed by atoms with Crippen molar-refractivity contribution in [3.8, 4) is 0 Å². The van der Waals surface area contributed by atoms with Crippen LogP contribution in [0.25, 0.3) is 0 Å². The van der Waals surface area contributed by atoms with Gasteiger partial charge in [0.25, 0.3) is 5.91 Å². The van der Waals surface area contributed by atoms with Crippen molar-refractivity contribution in [1.29, 1.82) is 0 Å². The lowest BCUT2D eigenvalue weighted by atomic mass is 10.1. The summed E-state index contributed by atoms with van der Waals surface area (Å²) in [4.78, 5) is 14.0. The van der Waals surface area contributed by atoms with Gasteiger partial charge < -0.3 is 4.90 Å². The molecule has 1 amide bonds. The predicted octanol–water partition coefficient (Wildman–Crippen LogP) is 3.84. The highest BCUT2D eigenvalue weighted by Crippen LogP contribution is 2.24. The number of likely N-dealkylation sites (tertiary alicyclic amines) is 1. The summed E-state index contributed by atoms with van der Waals surface area (Å²) in [5, 5.41) is 1.06. The van der Waals surface area contributed by atoms with Gasteiger partial charge >= 0.3 is 0 Å². The quantitative estimate of drug-likeness (QED) is 0.720. The van der Waals surface area contributed by atoms with E-state index in [1.165, 1.54) is 0 Å². The van der Waals surface area contributed by atoms with E-state index in [0.717, 1.165) is 12.8 Å². The number of carbonyl (C=O) groups is 1. The third-order valence-corrected chi connectivity index (χ3v) is 4.05. The van der Waals surface area contributed by atoms with Crippen LogP contribution in [0.3, 0.4) is 0 Å². The second kappa shape index (κ2) is 5.47. The van der Waals surface area contributed by atoms with E-state index in [1.807, 2.05) is 0 Å². The first-order chi connectivity index (χ1) is 8.08. The van der Waals surface area contributed by atoms with Gasteiger partial charge in [-0.25, -0.2) is 0 Å². The monoisotopic (exact) mass is 291 g/mol. The summed E-state index contributed by atoms with van der Waals surface area (Å²) < 4.78 is 0. The highest BCUT2D eigenvalue weighted by atomic mass is 35.5. The summed E-state index contributed by atoms with van der Waals surface area (Å²) in [5.74, 6) is -0.00728. The zero-order valence-electron chi connectivity index (χ0n) is 9.13. The van der Waals surface area contributed by atoms with Crippen molar-refractivity contribution in [2.45, 2.75) is 18.2 Å². The van der Waals surface area contributed by atoms with Gasteiger partial charge in [0.15, 0.2) is 0 Å². The molecule has 2 nitrogen and oxygen atoms in total. The van der Waals surface area contributed by atoms with E-state index >= 15 is 0 Å². The molecule has 0 saturated carbocycles. The Morgan fingerprint density at radius 2 is 1.82 bits per heavy atom. The SMILES string of the molecule is O=C(c1ccc(Cl)c(Cl)c1)N1CCC(Cl)CC1. The van der Waals surface area contributed by atoms with Gasteiger partial charge in [-0.05, 0) is 31.0 Å². The normalized spacial score (nSPS) is 17.2. The van der Waals surface area contributed by atoms with E-state index in [4.69, 9.17) is 34.8 Å². The van der Waals surface area contributed by atoms with Crippen LogP contribution in [0.5, 0.6) is 0 Å². The first kappa shape index (κ1) is 13.0. The molecule has 0 spiro atoms. The van der Waals surface area contributed by atoms with Gasteiger partial charge in [-0.2, -0.15) is 0 Å². The molecule has 0 unspecified atom stereocenters. The maximum atomic E-state index is 12.2. The van der Waals surface area contributed by atoms with E-state index in [9.17, 15) is 4.79 Å². The standard InChI is InChI=1S/C12H12Cl3NO/c13-9-3-5-16(6-4-9)12(17)8-1-2-10(14)11(15)7-8/h1-2,7,9H,3-6H2. The molecule has 0 radical (unpaired) electrons. The fourth-order valence-electron chi connectivity index (χ4n) is 1.86. The summed E-state index contributed by atoms with van der Waals surface area (Å²) >= 11 is 17.7. The molecule has 5 heteroatoms. The average molecular weight is 293 g/mol. The molecule has 1 aromatic rings. The lowest BCUT2D eigenvalue weighted by Gasteiger charge is -2.29. The van der Waals surface area contributed by atoms with Gasteiger partial charge in [-0.1, -0.05) is 23.2 Å². The molecule has 1 saturated heterocycles. The highest BCUT2D eigenvalue weighted by Gasteiger charge is 2.22. The Morgan fingerprint density at radius 3 is 2.41 bits per heavy atom. The van der Waals surface area contributed by atoms with Gasteiger partial charge in [0.2, 0.25) is 0 Å². The van der Waals surface area contributed by atoms with Gasteiger partial charge in [0, 0.05) is 24.0 Å². The fourth-order valence-corrected chi connectivity index (χ4v) is 2.36. The lowest BCUT2D eigenvalue weighted by Crippen LogP contribution is -2.38. The number of amides is 1. The minimum atomic E-state index is -0.00728. The molecule has 1 heterocycles. The summed E-state index contributed by atoms with van der Waals surface area (Å²) in [6.07, 6.45) is 1.68. The molecule has 1 fully saturated rings. The number of nitrogens with zero attached hydrogens (tertiary/aromatic N) is 1. The second-order valence-electron chi connectivity index (χ2n) is 4.10. The van der Waals surface area contributed by atoms with Crippen LogP contribution in [0, 0.1) is 0 Å². The molecular weight excluding hydrogens is 280 g/mol. The molecule has 0 bridgehead atoms. The van der Waals surface area contributed by atoms with Crippen molar-refractivity contribution >= 4 is 40.7 Å². The number of alkyl halides is 1. The number of hydrogen-bond donors (Lipinski definition) is 0. The highest BCUT2D eigenvalue weighted by molar-refractivity contribution is 6.42. The Kier molecular flexibility index (Phi) is 4.18. The van der Waals surface area contributed by atoms with Crippen LogP contribution < -0.4 is 0 Å². The summed E-state index contributed by atoms with van der Waals surface area (Å²) in [6, 6.07) is 4.95. The molecule has 0 aromatic heterocycles. The van der Waals surface area contributed by atoms with E-state index < -0.39 is 0 Å². The molecule has 17 heavy (non-hydrogen) atoms. The van der Waals surface area contributed by atoms with Crippen molar-refractivity contribution in [1.82, 2.24) is 4.90 Å². The average Bonchev–Trinajstić information content (AvgIpc) is 2.33. The number of rotatable bonds is 1. The third kappa shape index (κ3) is 3.06. The van der Waals surface area contributed by atoms with Crippen LogP contribution in [-0.2, 0) is 0 Å². The van der Waals surface area contributed by atoms with Gasteiger partial charge in [0.1, 0.15) is 0 Å². The van der Waals surface area contributed by atoms with Crippen LogP contribution in [0.1, 0.15) is 23.2 Å². The third-order valence-electron chi connectivity index (χ3n) is 2.88. The molecular formula is C12H12Cl3NO. The molecule has 0 atom stereocenters.